The molecule has 1 fully saturated rings. The fourth-order valence-electron chi connectivity index (χ4n) is 4.77. The largest absolute Gasteiger partial charge is 0.493 e. The topological polar surface area (TPSA) is 102 Å². The van der Waals surface area contributed by atoms with Crippen LogP contribution in [0.1, 0.15) is 17.3 Å². The molecule has 0 radical (unpaired) electrons. The zero-order chi connectivity index (χ0) is 28.8. The van der Waals surface area contributed by atoms with E-state index in [2.05, 4.69) is 15.2 Å². The van der Waals surface area contributed by atoms with Crippen LogP contribution in [0.3, 0.4) is 0 Å². The molecule has 41 heavy (non-hydrogen) atoms. The van der Waals surface area contributed by atoms with Gasteiger partial charge in [0.05, 0.1) is 32.0 Å². The number of esters is 1. The third-order valence-corrected chi connectivity index (χ3v) is 6.81. The summed E-state index contributed by atoms with van der Waals surface area (Å²) in [6, 6.07) is 20.2. The summed E-state index contributed by atoms with van der Waals surface area (Å²) in [6.45, 7) is 3.95. The van der Waals surface area contributed by atoms with Crippen LogP contribution in [0.15, 0.2) is 72.9 Å². The number of hydrogen-bond acceptors (Lipinski definition) is 8. The number of piperazine rings is 1. The Labute approximate surface area is 238 Å². The van der Waals surface area contributed by atoms with Gasteiger partial charge in [0.25, 0.3) is 0 Å². The number of rotatable bonds is 8. The van der Waals surface area contributed by atoms with Gasteiger partial charge in [0.1, 0.15) is 17.1 Å². The van der Waals surface area contributed by atoms with E-state index in [1.54, 1.807) is 32.1 Å². The number of anilines is 2. The molecule has 1 aliphatic rings. The molecule has 2 heterocycles. The zero-order valence-electron chi connectivity index (χ0n) is 23.3. The van der Waals surface area contributed by atoms with Crippen LogP contribution in [0.2, 0.25) is 0 Å². The summed E-state index contributed by atoms with van der Waals surface area (Å²) in [4.78, 5) is 34.3. The van der Waals surface area contributed by atoms with E-state index in [-0.39, 0.29) is 12.6 Å². The molecule has 0 unspecified atom stereocenters. The Hall–Kier alpha value is -4.99. The molecule has 1 aromatic heterocycles. The van der Waals surface area contributed by atoms with E-state index in [0.29, 0.717) is 65.9 Å². The number of carbonyl (C=O) groups is 2. The molecule has 1 saturated heterocycles. The molecule has 1 aliphatic heterocycles. The van der Waals surface area contributed by atoms with Crippen molar-refractivity contribution >= 4 is 34.3 Å². The first-order valence-electron chi connectivity index (χ1n) is 13.4. The predicted molar refractivity (Wildman–Crippen MR) is 157 cm³/mol. The molecule has 1 N–H and O–H groups in total. The number of amides is 2. The minimum Gasteiger partial charge on any atom is -0.493 e. The predicted octanol–water partition coefficient (Wildman–Crippen LogP) is 5.58. The van der Waals surface area contributed by atoms with E-state index >= 15 is 0 Å². The van der Waals surface area contributed by atoms with Crippen LogP contribution in [-0.4, -0.2) is 68.9 Å². The van der Waals surface area contributed by atoms with Crippen molar-refractivity contribution in [3.05, 3.63) is 78.5 Å². The maximum atomic E-state index is 13.1. The van der Waals surface area contributed by atoms with Gasteiger partial charge in [-0.1, -0.05) is 18.2 Å². The lowest BCUT2D eigenvalue weighted by molar-refractivity contribution is 0.0526. The van der Waals surface area contributed by atoms with E-state index in [1.807, 2.05) is 60.7 Å². The molecular formula is C31H32N4O6. The van der Waals surface area contributed by atoms with Crippen molar-refractivity contribution in [2.45, 2.75) is 6.92 Å². The second kappa shape index (κ2) is 12.5. The number of hydrogen-bond donors (Lipinski definition) is 1. The van der Waals surface area contributed by atoms with Crippen LogP contribution in [0.25, 0.3) is 10.9 Å². The van der Waals surface area contributed by atoms with Crippen molar-refractivity contribution in [2.75, 3.05) is 57.2 Å². The first-order valence-corrected chi connectivity index (χ1v) is 13.4. The normalized spacial score (nSPS) is 13.0. The highest BCUT2D eigenvalue weighted by molar-refractivity contribution is 6.06. The van der Waals surface area contributed by atoms with Gasteiger partial charge in [-0.15, -0.1) is 0 Å². The van der Waals surface area contributed by atoms with Crippen LogP contribution in [0.4, 0.5) is 16.2 Å². The van der Waals surface area contributed by atoms with Crippen LogP contribution in [0.5, 0.6) is 23.0 Å². The molecule has 10 heteroatoms. The molecule has 212 valence electrons. The molecule has 0 atom stereocenters. The minimum absolute atomic E-state index is 0.196. The third-order valence-electron chi connectivity index (χ3n) is 6.81. The van der Waals surface area contributed by atoms with E-state index in [0.717, 1.165) is 11.1 Å². The Morgan fingerprint density at radius 3 is 2.20 bits per heavy atom. The molecule has 0 saturated carbocycles. The molecule has 10 nitrogen and oxygen atoms in total. The number of para-hydroxylation sites is 1. The number of nitrogens with one attached hydrogen (secondary N) is 1. The van der Waals surface area contributed by atoms with Crippen molar-refractivity contribution in [3.8, 4) is 23.0 Å². The molecule has 3 aromatic carbocycles. The first kappa shape index (κ1) is 27.6. The second-order valence-electron chi connectivity index (χ2n) is 9.31. The maximum absolute atomic E-state index is 13.1. The summed E-state index contributed by atoms with van der Waals surface area (Å²) >= 11 is 0. The van der Waals surface area contributed by atoms with Gasteiger partial charge < -0.3 is 34.1 Å². The Morgan fingerprint density at radius 1 is 0.878 bits per heavy atom. The molecule has 4 aromatic rings. The molecule has 0 aliphatic carbocycles. The SMILES string of the molecule is CCOC(=O)c1cnc2cc(OC)c(OC)cc2c1N1CCN(C(=O)Nc2ccc(Oc3ccccc3)cc2)CC1. The quantitative estimate of drug-likeness (QED) is 0.281. The fraction of sp³-hybridized carbons (Fsp3) is 0.258. The maximum Gasteiger partial charge on any atom is 0.341 e. The van der Waals surface area contributed by atoms with Crippen LogP contribution in [-0.2, 0) is 4.74 Å². The number of benzene rings is 3. The molecule has 0 spiro atoms. The Kier molecular flexibility index (Phi) is 8.38. The lowest BCUT2D eigenvalue weighted by Gasteiger charge is -2.37. The van der Waals surface area contributed by atoms with Crippen molar-refractivity contribution < 1.29 is 28.5 Å². The number of nitrogens with zero attached hydrogens (tertiary/aromatic N) is 3. The van der Waals surface area contributed by atoms with E-state index < -0.39 is 5.97 Å². The van der Waals surface area contributed by atoms with Gasteiger partial charge in [-0.2, -0.15) is 0 Å². The summed E-state index contributed by atoms with van der Waals surface area (Å²) in [7, 11) is 3.13. The summed E-state index contributed by atoms with van der Waals surface area (Å²) in [5.74, 6) is 2.05. The fourth-order valence-corrected chi connectivity index (χ4v) is 4.77. The van der Waals surface area contributed by atoms with Gasteiger partial charge in [-0.05, 0) is 49.4 Å². The monoisotopic (exact) mass is 556 g/mol. The standard InChI is InChI=1S/C31H32N4O6/c1-4-40-30(36)25-20-32-26-19-28(39-3)27(38-2)18-24(26)29(25)34-14-16-35(17-15-34)31(37)33-21-10-12-23(13-11-21)41-22-8-6-5-7-9-22/h5-13,18-20H,4,14-17H2,1-3H3,(H,33,37). The van der Waals surface area contributed by atoms with Gasteiger partial charge in [0, 0.05) is 49.5 Å². The molecule has 0 bridgehead atoms. The van der Waals surface area contributed by atoms with Crippen molar-refractivity contribution in [1.82, 2.24) is 9.88 Å². The number of urea groups is 1. The lowest BCUT2D eigenvalue weighted by atomic mass is 10.1. The summed E-state index contributed by atoms with van der Waals surface area (Å²) in [6.07, 6.45) is 1.53. The van der Waals surface area contributed by atoms with E-state index in [9.17, 15) is 9.59 Å². The zero-order valence-corrected chi connectivity index (χ0v) is 23.3. The minimum atomic E-state index is -0.452. The number of aromatic nitrogens is 1. The Bertz CT molecular complexity index is 1520. The third kappa shape index (κ3) is 6.11. The van der Waals surface area contributed by atoms with Gasteiger partial charge in [0.2, 0.25) is 0 Å². The van der Waals surface area contributed by atoms with Crippen LogP contribution >= 0.6 is 0 Å². The number of methoxy groups -OCH3 is 2. The Balaban J connectivity index is 1.30. The van der Waals surface area contributed by atoms with Crippen molar-refractivity contribution in [3.63, 3.8) is 0 Å². The summed E-state index contributed by atoms with van der Waals surface area (Å²) in [5.41, 5.74) is 2.39. The molecular weight excluding hydrogens is 524 g/mol. The summed E-state index contributed by atoms with van der Waals surface area (Å²) in [5, 5.41) is 3.70. The highest BCUT2D eigenvalue weighted by Gasteiger charge is 2.27. The van der Waals surface area contributed by atoms with Crippen LogP contribution in [0, 0.1) is 0 Å². The highest BCUT2D eigenvalue weighted by Crippen LogP contribution is 2.38. The summed E-state index contributed by atoms with van der Waals surface area (Å²) < 4.78 is 22.1. The second-order valence-corrected chi connectivity index (χ2v) is 9.31. The Morgan fingerprint density at radius 2 is 1.54 bits per heavy atom. The molecule has 5 rings (SSSR count). The average Bonchev–Trinajstić information content (AvgIpc) is 3.01. The van der Waals surface area contributed by atoms with E-state index in [1.165, 1.54) is 6.20 Å². The highest BCUT2D eigenvalue weighted by atomic mass is 16.5. The van der Waals surface area contributed by atoms with Crippen molar-refractivity contribution in [2.24, 2.45) is 0 Å². The van der Waals surface area contributed by atoms with Crippen LogP contribution < -0.4 is 24.4 Å². The van der Waals surface area contributed by atoms with Crippen molar-refractivity contribution in [1.29, 1.82) is 0 Å². The number of ether oxygens (including phenoxy) is 4. The smallest absolute Gasteiger partial charge is 0.341 e. The van der Waals surface area contributed by atoms with Gasteiger partial charge in [0.15, 0.2) is 11.5 Å². The van der Waals surface area contributed by atoms with Gasteiger partial charge in [-0.25, -0.2) is 9.59 Å². The number of pyridine rings is 1. The van der Waals surface area contributed by atoms with Gasteiger partial charge >= 0.3 is 12.0 Å². The molecule has 2 amide bonds. The van der Waals surface area contributed by atoms with Gasteiger partial charge in [-0.3, -0.25) is 4.98 Å². The average molecular weight is 557 g/mol. The number of fused-ring (bicyclic) bond motifs is 1. The lowest BCUT2D eigenvalue weighted by Crippen LogP contribution is -2.50. The number of carbonyl (C=O) groups excluding carboxylic acids is 2. The van der Waals surface area contributed by atoms with E-state index in [4.69, 9.17) is 18.9 Å². The first-order chi connectivity index (χ1) is 20.0.